The predicted octanol–water partition coefficient (Wildman–Crippen LogP) is 2.75. The molecule has 124 valence electrons. The van der Waals surface area contributed by atoms with Crippen LogP contribution in [0.25, 0.3) is 0 Å². The maximum absolute atomic E-state index is 11.8. The number of nitrogens with zero attached hydrogens (tertiary/aromatic N) is 1. The lowest BCUT2D eigenvalue weighted by atomic mass is 10.2. The van der Waals surface area contributed by atoms with Crippen LogP contribution in [0.5, 0.6) is 5.75 Å². The van der Waals surface area contributed by atoms with E-state index < -0.39 is 23.4 Å². The van der Waals surface area contributed by atoms with Crippen LogP contribution in [0.2, 0.25) is 5.02 Å². The first-order valence-electron chi connectivity index (χ1n) is 6.57. The molecule has 0 radical (unpaired) electrons. The molecule has 24 heavy (non-hydrogen) atoms. The third-order valence-corrected chi connectivity index (χ3v) is 3.11. The Morgan fingerprint density at radius 3 is 2.50 bits per heavy atom. The van der Waals surface area contributed by atoms with Crippen LogP contribution in [0, 0.1) is 10.1 Å². The number of anilines is 1. The molecule has 0 heterocycles. The van der Waals surface area contributed by atoms with Crippen molar-refractivity contribution in [2.45, 2.75) is 0 Å². The summed E-state index contributed by atoms with van der Waals surface area (Å²) < 4.78 is 4.78. The van der Waals surface area contributed by atoms with Crippen molar-refractivity contribution in [1.29, 1.82) is 0 Å². The summed E-state index contributed by atoms with van der Waals surface area (Å²) in [6.45, 7) is -0.595. The number of halogens is 1. The number of carbonyl (C=O) groups excluding carboxylic acids is 2. The quantitative estimate of drug-likeness (QED) is 0.486. The van der Waals surface area contributed by atoms with E-state index in [0.717, 1.165) is 0 Å². The van der Waals surface area contributed by atoms with Crippen LogP contribution in [0.3, 0.4) is 0 Å². The second kappa shape index (κ2) is 7.42. The Morgan fingerprint density at radius 2 is 1.88 bits per heavy atom. The smallest absolute Gasteiger partial charge is 0.342 e. The molecule has 0 saturated carbocycles. The zero-order chi connectivity index (χ0) is 17.7. The molecule has 2 aromatic rings. The van der Waals surface area contributed by atoms with E-state index in [0.29, 0.717) is 5.69 Å². The minimum absolute atomic E-state index is 0.115. The van der Waals surface area contributed by atoms with Crippen LogP contribution in [0.1, 0.15) is 10.4 Å². The van der Waals surface area contributed by atoms with Gasteiger partial charge in [-0.2, -0.15) is 0 Å². The fourth-order valence-corrected chi connectivity index (χ4v) is 1.92. The van der Waals surface area contributed by atoms with E-state index in [1.165, 1.54) is 42.5 Å². The number of rotatable bonds is 5. The Morgan fingerprint density at radius 1 is 1.21 bits per heavy atom. The zero-order valence-electron chi connectivity index (χ0n) is 12.1. The summed E-state index contributed by atoms with van der Waals surface area (Å²) in [5, 5.41) is 22.7. The molecule has 2 rings (SSSR count). The van der Waals surface area contributed by atoms with Crippen molar-refractivity contribution in [3.05, 3.63) is 63.2 Å². The number of nitro groups is 1. The highest BCUT2D eigenvalue weighted by Gasteiger charge is 2.15. The third kappa shape index (κ3) is 4.43. The van der Waals surface area contributed by atoms with E-state index in [9.17, 15) is 24.8 Å². The van der Waals surface area contributed by atoms with Crippen molar-refractivity contribution in [3.63, 3.8) is 0 Å². The Hall–Kier alpha value is -3.13. The van der Waals surface area contributed by atoms with Gasteiger partial charge in [-0.05, 0) is 30.3 Å². The van der Waals surface area contributed by atoms with Crippen molar-refractivity contribution in [3.8, 4) is 5.75 Å². The van der Waals surface area contributed by atoms with Crippen LogP contribution < -0.4 is 5.32 Å². The van der Waals surface area contributed by atoms with Crippen molar-refractivity contribution in [2.75, 3.05) is 11.9 Å². The molecule has 0 fully saturated rings. The molecule has 9 heteroatoms. The van der Waals surface area contributed by atoms with Gasteiger partial charge in [-0.25, -0.2) is 4.79 Å². The van der Waals surface area contributed by atoms with Gasteiger partial charge in [0.15, 0.2) is 6.61 Å². The summed E-state index contributed by atoms with van der Waals surface area (Å²) >= 11 is 5.72. The van der Waals surface area contributed by atoms with E-state index in [4.69, 9.17) is 16.3 Å². The molecule has 0 spiro atoms. The van der Waals surface area contributed by atoms with E-state index >= 15 is 0 Å². The Labute approximate surface area is 140 Å². The fourth-order valence-electron chi connectivity index (χ4n) is 1.74. The van der Waals surface area contributed by atoms with E-state index in [-0.39, 0.29) is 22.0 Å². The molecule has 0 aliphatic heterocycles. The summed E-state index contributed by atoms with van der Waals surface area (Å²) in [4.78, 5) is 33.5. The van der Waals surface area contributed by atoms with Gasteiger partial charge in [-0.1, -0.05) is 11.6 Å². The SMILES string of the molecule is O=C(COC(=O)c1cc(Cl)ccc1O)Nc1ccc([N+](=O)[O-])cc1. The number of phenolic OH excluding ortho intramolecular Hbond substituents is 1. The topological polar surface area (TPSA) is 119 Å². The van der Waals surface area contributed by atoms with Gasteiger partial charge in [0, 0.05) is 22.8 Å². The van der Waals surface area contributed by atoms with Crippen LogP contribution >= 0.6 is 11.6 Å². The molecular formula is C15H11ClN2O6. The van der Waals surface area contributed by atoms with Gasteiger partial charge in [0.05, 0.1) is 4.92 Å². The average Bonchev–Trinajstić information content (AvgIpc) is 2.55. The number of phenols is 1. The first kappa shape index (κ1) is 17.2. The first-order valence-corrected chi connectivity index (χ1v) is 6.94. The van der Waals surface area contributed by atoms with Crippen molar-refractivity contribution >= 4 is 34.9 Å². The molecule has 0 unspecified atom stereocenters. The molecule has 2 aromatic carbocycles. The number of ether oxygens (including phenoxy) is 1. The molecule has 0 atom stereocenters. The summed E-state index contributed by atoms with van der Waals surface area (Å²) in [6.07, 6.45) is 0. The van der Waals surface area contributed by atoms with Crippen LogP contribution in [0.15, 0.2) is 42.5 Å². The zero-order valence-corrected chi connectivity index (χ0v) is 12.8. The normalized spacial score (nSPS) is 10.0. The monoisotopic (exact) mass is 350 g/mol. The Balaban J connectivity index is 1.92. The molecule has 0 bridgehead atoms. The Bertz CT molecular complexity index is 791. The molecule has 0 aliphatic carbocycles. The highest BCUT2D eigenvalue weighted by atomic mass is 35.5. The highest BCUT2D eigenvalue weighted by Crippen LogP contribution is 2.22. The summed E-state index contributed by atoms with van der Waals surface area (Å²) in [6, 6.07) is 9.00. The van der Waals surface area contributed by atoms with E-state index in [1.807, 2.05) is 0 Å². The minimum Gasteiger partial charge on any atom is -0.507 e. The van der Waals surface area contributed by atoms with E-state index in [2.05, 4.69) is 5.32 Å². The number of hydrogen-bond acceptors (Lipinski definition) is 6. The van der Waals surface area contributed by atoms with Gasteiger partial charge in [0.1, 0.15) is 11.3 Å². The number of benzene rings is 2. The van der Waals surface area contributed by atoms with Crippen LogP contribution in [0.4, 0.5) is 11.4 Å². The second-order valence-corrected chi connectivity index (χ2v) is 5.03. The average molecular weight is 351 g/mol. The molecular weight excluding hydrogens is 340 g/mol. The maximum Gasteiger partial charge on any atom is 0.342 e. The fraction of sp³-hybridized carbons (Fsp3) is 0.0667. The van der Waals surface area contributed by atoms with Crippen molar-refractivity contribution in [1.82, 2.24) is 0 Å². The number of esters is 1. The van der Waals surface area contributed by atoms with Crippen molar-refractivity contribution in [2.24, 2.45) is 0 Å². The van der Waals surface area contributed by atoms with Gasteiger partial charge in [0.2, 0.25) is 0 Å². The number of carbonyl (C=O) groups is 2. The van der Waals surface area contributed by atoms with Crippen LogP contribution in [-0.4, -0.2) is 28.5 Å². The second-order valence-electron chi connectivity index (χ2n) is 4.59. The molecule has 1 amide bonds. The molecule has 8 nitrogen and oxygen atoms in total. The summed E-state index contributed by atoms with van der Waals surface area (Å²) in [5.74, 6) is -1.87. The first-order chi connectivity index (χ1) is 11.4. The molecule has 0 aromatic heterocycles. The van der Waals surface area contributed by atoms with E-state index in [1.54, 1.807) is 0 Å². The lowest BCUT2D eigenvalue weighted by Gasteiger charge is -2.07. The molecule has 0 saturated heterocycles. The van der Waals surface area contributed by atoms with Gasteiger partial charge in [-0.3, -0.25) is 14.9 Å². The molecule has 0 aliphatic rings. The van der Waals surface area contributed by atoms with Gasteiger partial charge in [0.25, 0.3) is 11.6 Å². The van der Waals surface area contributed by atoms with Gasteiger partial charge in [-0.15, -0.1) is 0 Å². The van der Waals surface area contributed by atoms with Gasteiger partial charge >= 0.3 is 5.97 Å². The van der Waals surface area contributed by atoms with Gasteiger partial charge < -0.3 is 15.2 Å². The number of nitrogens with one attached hydrogen (secondary N) is 1. The Kier molecular flexibility index (Phi) is 5.33. The van der Waals surface area contributed by atoms with Crippen LogP contribution in [-0.2, 0) is 9.53 Å². The number of amides is 1. The standard InChI is InChI=1S/C15H11ClN2O6/c16-9-1-6-13(19)12(7-9)15(21)24-8-14(20)17-10-2-4-11(5-3-10)18(22)23/h1-7,19H,8H2,(H,17,20). The lowest BCUT2D eigenvalue weighted by Crippen LogP contribution is -2.21. The highest BCUT2D eigenvalue weighted by molar-refractivity contribution is 6.31. The number of non-ortho nitro benzene ring substituents is 1. The molecule has 2 N–H and O–H groups in total. The third-order valence-electron chi connectivity index (χ3n) is 2.87. The maximum atomic E-state index is 11.8. The number of hydrogen-bond donors (Lipinski definition) is 2. The summed E-state index contributed by atoms with van der Waals surface area (Å²) in [7, 11) is 0. The summed E-state index contributed by atoms with van der Waals surface area (Å²) in [5.41, 5.74) is 0.0359. The van der Waals surface area contributed by atoms with Crippen molar-refractivity contribution < 1.29 is 24.4 Å². The predicted molar refractivity (Wildman–Crippen MR) is 85.1 cm³/mol. The minimum atomic E-state index is -0.908. The largest absolute Gasteiger partial charge is 0.507 e. The number of aromatic hydroxyl groups is 1. The number of nitro benzene ring substituents is 1. The lowest BCUT2D eigenvalue weighted by molar-refractivity contribution is -0.384.